The lowest BCUT2D eigenvalue weighted by atomic mass is 10.1. The minimum atomic E-state index is -0.0722. The van der Waals surface area contributed by atoms with Crippen molar-refractivity contribution in [3.8, 4) is 11.3 Å². The molecule has 4 rings (SSSR count). The molecule has 3 aromatic heterocycles. The number of hydrogen-bond acceptors (Lipinski definition) is 2. The molecule has 1 aromatic carbocycles. The van der Waals surface area contributed by atoms with E-state index < -0.39 is 0 Å². The molecule has 0 saturated heterocycles. The van der Waals surface area contributed by atoms with Gasteiger partial charge in [0.1, 0.15) is 0 Å². The Bertz CT molecular complexity index is 982. The maximum absolute atomic E-state index is 11.9. The first-order valence-electron chi connectivity index (χ1n) is 6.37. The smallest absolute Gasteiger partial charge is 0.255 e. The predicted octanol–water partition coefficient (Wildman–Crippen LogP) is 2.84. The van der Waals surface area contributed by atoms with E-state index in [1.165, 1.54) is 0 Å². The molecular formula is C16H11N3O. The van der Waals surface area contributed by atoms with E-state index in [1.54, 1.807) is 12.4 Å². The molecule has 0 unspecified atom stereocenters. The van der Waals surface area contributed by atoms with Crippen molar-refractivity contribution in [2.45, 2.75) is 0 Å². The number of rotatable bonds is 1. The first kappa shape index (κ1) is 11.0. The zero-order valence-corrected chi connectivity index (χ0v) is 10.6. The maximum Gasteiger partial charge on any atom is 0.255 e. The summed E-state index contributed by atoms with van der Waals surface area (Å²) < 4.78 is 1.87. The molecule has 20 heavy (non-hydrogen) atoms. The van der Waals surface area contributed by atoms with Gasteiger partial charge < -0.3 is 4.98 Å². The van der Waals surface area contributed by atoms with Gasteiger partial charge >= 0.3 is 0 Å². The van der Waals surface area contributed by atoms with Crippen LogP contribution in [-0.2, 0) is 0 Å². The molecule has 4 aromatic rings. The summed E-state index contributed by atoms with van der Waals surface area (Å²) in [7, 11) is 0. The van der Waals surface area contributed by atoms with Crippen LogP contribution >= 0.6 is 0 Å². The molecule has 0 aliphatic carbocycles. The summed E-state index contributed by atoms with van der Waals surface area (Å²) in [4.78, 5) is 14.6. The predicted molar refractivity (Wildman–Crippen MR) is 78.8 cm³/mol. The van der Waals surface area contributed by atoms with Gasteiger partial charge in [-0.05, 0) is 35.7 Å². The summed E-state index contributed by atoms with van der Waals surface area (Å²) in [6, 6.07) is 15.7. The second kappa shape index (κ2) is 4.06. The fourth-order valence-corrected chi connectivity index (χ4v) is 2.51. The van der Waals surface area contributed by atoms with E-state index in [2.05, 4.69) is 10.1 Å². The van der Waals surface area contributed by atoms with Crippen LogP contribution in [0.3, 0.4) is 0 Å². The van der Waals surface area contributed by atoms with Crippen molar-refractivity contribution in [2.24, 2.45) is 0 Å². The van der Waals surface area contributed by atoms with Crippen LogP contribution in [0.2, 0.25) is 0 Å². The van der Waals surface area contributed by atoms with Gasteiger partial charge in [-0.2, -0.15) is 5.10 Å². The molecule has 1 N–H and O–H groups in total. The Morgan fingerprint density at radius 1 is 1.05 bits per heavy atom. The second-order valence-corrected chi connectivity index (χ2v) is 4.69. The van der Waals surface area contributed by atoms with Crippen molar-refractivity contribution in [3.05, 3.63) is 71.3 Å². The van der Waals surface area contributed by atoms with Gasteiger partial charge in [0, 0.05) is 17.1 Å². The minimum absolute atomic E-state index is 0.0722. The van der Waals surface area contributed by atoms with Crippen molar-refractivity contribution in [3.63, 3.8) is 0 Å². The van der Waals surface area contributed by atoms with Crippen LogP contribution in [0.25, 0.3) is 27.5 Å². The Kier molecular flexibility index (Phi) is 2.23. The standard InChI is InChI=1S/C16H11N3O/c20-16-14-10-12(5-4-11(14)6-8-17-16)15-3-1-2-13-7-9-18-19(13)15/h1-10H,(H,17,20). The first-order valence-corrected chi connectivity index (χ1v) is 6.37. The van der Waals surface area contributed by atoms with Crippen molar-refractivity contribution >= 4 is 16.3 Å². The van der Waals surface area contributed by atoms with Crippen molar-refractivity contribution in [1.29, 1.82) is 0 Å². The van der Waals surface area contributed by atoms with Crippen molar-refractivity contribution in [2.75, 3.05) is 0 Å². The number of H-pyrrole nitrogens is 1. The van der Waals surface area contributed by atoms with Gasteiger partial charge in [0.05, 0.1) is 17.4 Å². The topological polar surface area (TPSA) is 50.2 Å². The van der Waals surface area contributed by atoms with Gasteiger partial charge in [0.2, 0.25) is 0 Å². The third-order valence-electron chi connectivity index (χ3n) is 3.49. The molecule has 0 radical (unpaired) electrons. The lowest BCUT2D eigenvalue weighted by Crippen LogP contribution is -2.04. The summed E-state index contributed by atoms with van der Waals surface area (Å²) >= 11 is 0. The molecule has 4 nitrogen and oxygen atoms in total. The highest BCUT2D eigenvalue weighted by Crippen LogP contribution is 2.23. The number of aromatic amines is 1. The zero-order valence-electron chi connectivity index (χ0n) is 10.6. The fraction of sp³-hybridized carbons (Fsp3) is 0. The first-order chi connectivity index (χ1) is 9.83. The second-order valence-electron chi connectivity index (χ2n) is 4.69. The van der Waals surface area contributed by atoms with Crippen LogP contribution in [0.4, 0.5) is 0 Å². The minimum Gasteiger partial charge on any atom is -0.329 e. The number of benzene rings is 1. The van der Waals surface area contributed by atoms with Crippen molar-refractivity contribution in [1.82, 2.24) is 14.6 Å². The molecule has 0 atom stereocenters. The maximum atomic E-state index is 11.9. The highest BCUT2D eigenvalue weighted by Gasteiger charge is 2.06. The molecule has 96 valence electrons. The number of pyridine rings is 2. The van der Waals surface area contributed by atoms with Crippen LogP contribution in [0, 0.1) is 0 Å². The Morgan fingerprint density at radius 3 is 2.95 bits per heavy atom. The van der Waals surface area contributed by atoms with Gasteiger partial charge in [0.15, 0.2) is 0 Å². The van der Waals surface area contributed by atoms with E-state index in [9.17, 15) is 4.79 Å². The van der Waals surface area contributed by atoms with Gasteiger partial charge in [-0.1, -0.05) is 18.2 Å². The van der Waals surface area contributed by atoms with Crippen LogP contribution in [-0.4, -0.2) is 14.6 Å². The molecular weight excluding hydrogens is 250 g/mol. The van der Waals surface area contributed by atoms with Gasteiger partial charge in [0.25, 0.3) is 5.56 Å². The lowest BCUT2D eigenvalue weighted by molar-refractivity contribution is 0.970. The number of hydrogen-bond donors (Lipinski definition) is 1. The molecule has 0 aliphatic heterocycles. The lowest BCUT2D eigenvalue weighted by Gasteiger charge is -2.06. The zero-order chi connectivity index (χ0) is 13.5. The Hall–Kier alpha value is -2.88. The molecule has 3 heterocycles. The molecule has 4 heteroatoms. The average molecular weight is 261 g/mol. The summed E-state index contributed by atoms with van der Waals surface area (Å²) in [5, 5.41) is 5.95. The largest absolute Gasteiger partial charge is 0.329 e. The quantitative estimate of drug-likeness (QED) is 0.573. The van der Waals surface area contributed by atoms with Crippen LogP contribution in [0.5, 0.6) is 0 Å². The van der Waals surface area contributed by atoms with E-state index in [0.717, 1.165) is 22.2 Å². The van der Waals surface area contributed by atoms with E-state index >= 15 is 0 Å². The molecule has 0 bridgehead atoms. The Labute approximate surface area is 114 Å². The van der Waals surface area contributed by atoms with E-state index in [0.29, 0.717) is 5.39 Å². The third kappa shape index (κ3) is 1.55. The SMILES string of the molecule is O=c1[nH]ccc2ccc(-c3cccc4ccnn34)cc12. The molecule has 0 amide bonds. The number of aromatic nitrogens is 3. The average Bonchev–Trinajstić information content (AvgIpc) is 2.96. The summed E-state index contributed by atoms with van der Waals surface area (Å²) in [6.45, 7) is 0. The van der Waals surface area contributed by atoms with Gasteiger partial charge in [-0.25, -0.2) is 4.52 Å². The van der Waals surface area contributed by atoms with E-state index in [4.69, 9.17) is 0 Å². The highest BCUT2D eigenvalue weighted by atomic mass is 16.1. The third-order valence-corrected chi connectivity index (χ3v) is 3.49. The number of fused-ring (bicyclic) bond motifs is 2. The molecule has 0 fully saturated rings. The van der Waals surface area contributed by atoms with E-state index in [-0.39, 0.29) is 5.56 Å². The van der Waals surface area contributed by atoms with Gasteiger partial charge in [-0.15, -0.1) is 0 Å². The fourth-order valence-electron chi connectivity index (χ4n) is 2.51. The van der Waals surface area contributed by atoms with Crippen LogP contribution in [0.15, 0.2) is 65.7 Å². The monoisotopic (exact) mass is 261 g/mol. The normalized spacial score (nSPS) is 11.2. The van der Waals surface area contributed by atoms with Crippen molar-refractivity contribution < 1.29 is 0 Å². The number of nitrogens with one attached hydrogen (secondary N) is 1. The molecule has 0 aliphatic rings. The highest BCUT2D eigenvalue weighted by molar-refractivity contribution is 5.86. The van der Waals surface area contributed by atoms with Crippen LogP contribution < -0.4 is 5.56 Å². The Morgan fingerprint density at radius 2 is 2.00 bits per heavy atom. The van der Waals surface area contributed by atoms with E-state index in [1.807, 2.05) is 53.0 Å². The number of nitrogens with zero attached hydrogens (tertiary/aromatic N) is 2. The molecule has 0 spiro atoms. The molecule has 0 saturated carbocycles. The summed E-state index contributed by atoms with van der Waals surface area (Å²) in [5.41, 5.74) is 2.91. The van der Waals surface area contributed by atoms with Crippen LogP contribution in [0.1, 0.15) is 0 Å². The summed E-state index contributed by atoms with van der Waals surface area (Å²) in [6.07, 6.45) is 3.44. The van der Waals surface area contributed by atoms with Gasteiger partial charge in [-0.3, -0.25) is 4.79 Å². The summed E-state index contributed by atoms with van der Waals surface area (Å²) in [5.74, 6) is 0. The Balaban J connectivity index is 2.05.